The molecule has 2 saturated heterocycles. The number of carbonyl (C=O) groups is 2. The van der Waals surface area contributed by atoms with E-state index in [1.807, 2.05) is 11.8 Å². The van der Waals surface area contributed by atoms with E-state index in [1.54, 1.807) is 25.4 Å². The van der Waals surface area contributed by atoms with Gasteiger partial charge < -0.3 is 20.3 Å². The average molecular weight is 390 g/mol. The van der Waals surface area contributed by atoms with Crippen molar-refractivity contribution < 1.29 is 14.3 Å². The van der Waals surface area contributed by atoms with Crippen LogP contribution >= 0.6 is 0 Å². The van der Waals surface area contributed by atoms with Gasteiger partial charge in [-0.15, -0.1) is 0 Å². The van der Waals surface area contributed by atoms with E-state index in [1.165, 1.54) is 0 Å². The van der Waals surface area contributed by atoms with E-state index in [9.17, 15) is 9.59 Å². The highest BCUT2D eigenvalue weighted by Gasteiger charge is 2.28. The van der Waals surface area contributed by atoms with Crippen molar-refractivity contribution in [2.75, 3.05) is 58.3 Å². The van der Waals surface area contributed by atoms with Crippen molar-refractivity contribution in [3.63, 3.8) is 0 Å². The Bertz CT molecular complexity index is 652. The third-order valence-electron chi connectivity index (χ3n) is 5.61. The molecular weight excluding hydrogens is 358 g/mol. The molecule has 0 spiro atoms. The number of hydrogen-bond donors (Lipinski definition) is 2. The van der Waals surface area contributed by atoms with Crippen molar-refractivity contribution in [2.45, 2.75) is 25.8 Å². The molecule has 1 aromatic rings. The van der Waals surface area contributed by atoms with Gasteiger partial charge in [-0.05, 0) is 25.0 Å². The van der Waals surface area contributed by atoms with Crippen LogP contribution in [-0.2, 0) is 9.53 Å². The number of morpholine rings is 1. The summed E-state index contributed by atoms with van der Waals surface area (Å²) in [5.74, 6) is 0.539. The molecule has 3 heterocycles. The molecule has 8 heteroatoms. The van der Waals surface area contributed by atoms with Gasteiger partial charge in [-0.2, -0.15) is 0 Å². The Morgan fingerprint density at radius 2 is 1.93 bits per heavy atom. The van der Waals surface area contributed by atoms with Crippen LogP contribution in [0.5, 0.6) is 0 Å². The highest BCUT2D eigenvalue weighted by atomic mass is 16.5. The molecule has 2 aliphatic heterocycles. The maximum atomic E-state index is 12.8. The Morgan fingerprint density at radius 3 is 2.54 bits per heavy atom. The number of aromatic nitrogens is 1. The summed E-state index contributed by atoms with van der Waals surface area (Å²) < 4.78 is 5.43. The van der Waals surface area contributed by atoms with Gasteiger partial charge in [0, 0.05) is 52.0 Å². The second kappa shape index (κ2) is 9.84. The fourth-order valence-corrected chi connectivity index (χ4v) is 3.78. The lowest BCUT2D eigenvalue weighted by Crippen LogP contribution is -2.50. The van der Waals surface area contributed by atoms with E-state index >= 15 is 0 Å². The first-order valence-corrected chi connectivity index (χ1v) is 10.1. The van der Waals surface area contributed by atoms with Gasteiger partial charge >= 0.3 is 0 Å². The molecule has 1 unspecified atom stereocenters. The molecule has 0 bridgehead atoms. The first kappa shape index (κ1) is 20.5. The smallest absolute Gasteiger partial charge is 0.255 e. The number of piperidine rings is 1. The molecule has 1 atom stereocenters. The van der Waals surface area contributed by atoms with Crippen LogP contribution in [0.2, 0.25) is 0 Å². The summed E-state index contributed by atoms with van der Waals surface area (Å²) in [6, 6.07) is 4.15. The SMILES string of the molecule is CNC(=O)C(C)CNc1ccc(C(=O)N2CCC(N3CCOCC3)CC2)cn1. The molecule has 154 valence electrons. The number of hydrogen-bond acceptors (Lipinski definition) is 6. The summed E-state index contributed by atoms with van der Waals surface area (Å²) in [5.41, 5.74) is 0.606. The van der Waals surface area contributed by atoms with Crippen molar-refractivity contribution in [3.05, 3.63) is 23.9 Å². The Hall–Kier alpha value is -2.19. The van der Waals surface area contributed by atoms with Gasteiger partial charge in [-0.1, -0.05) is 6.92 Å². The van der Waals surface area contributed by atoms with Crippen molar-refractivity contribution in [1.29, 1.82) is 0 Å². The van der Waals surface area contributed by atoms with Crippen LogP contribution in [0.3, 0.4) is 0 Å². The van der Waals surface area contributed by atoms with E-state index in [4.69, 9.17) is 4.74 Å². The number of likely N-dealkylation sites (tertiary alicyclic amines) is 1. The van der Waals surface area contributed by atoms with E-state index < -0.39 is 0 Å². The topological polar surface area (TPSA) is 86.8 Å². The maximum Gasteiger partial charge on any atom is 0.255 e. The third-order valence-corrected chi connectivity index (χ3v) is 5.61. The van der Waals surface area contributed by atoms with Crippen molar-refractivity contribution in [2.24, 2.45) is 5.92 Å². The van der Waals surface area contributed by atoms with E-state index in [-0.39, 0.29) is 17.7 Å². The number of ether oxygens (including phenoxy) is 1. The number of amides is 2. The lowest BCUT2D eigenvalue weighted by Gasteiger charge is -2.40. The van der Waals surface area contributed by atoms with Gasteiger partial charge in [0.05, 0.1) is 24.7 Å². The quantitative estimate of drug-likeness (QED) is 0.749. The molecule has 0 saturated carbocycles. The molecule has 3 rings (SSSR count). The molecule has 28 heavy (non-hydrogen) atoms. The molecule has 0 radical (unpaired) electrons. The van der Waals surface area contributed by atoms with E-state index in [0.29, 0.717) is 24.0 Å². The van der Waals surface area contributed by atoms with Crippen LogP contribution in [0.4, 0.5) is 5.82 Å². The molecule has 2 fully saturated rings. The zero-order valence-corrected chi connectivity index (χ0v) is 16.8. The van der Waals surface area contributed by atoms with Gasteiger partial charge in [-0.3, -0.25) is 14.5 Å². The van der Waals surface area contributed by atoms with Gasteiger partial charge in [0.25, 0.3) is 5.91 Å². The lowest BCUT2D eigenvalue weighted by molar-refractivity contribution is -0.123. The summed E-state index contributed by atoms with van der Waals surface area (Å²) in [7, 11) is 1.63. The van der Waals surface area contributed by atoms with Gasteiger partial charge in [0.15, 0.2) is 0 Å². The van der Waals surface area contributed by atoms with Crippen LogP contribution in [-0.4, -0.2) is 85.6 Å². The summed E-state index contributed by atoms with van der Waals surface area (Å²) in [4.78, 5) is 33.1. The first-order chi connectivity index (χ1) is 13.6. The minimum atomic E-state index is -0.152. The van der Waals surface area contributed by atoms with E-state index in [2.05, 4.69) is 20.5 Å². The van der Waals surface area contributed by atoms with Crippen LogP contribution in [0.25, 0.3) is 0 Å². The zero-order valence-electron chi connectivity index (χ0n) is 16.8. The zero-order chi connectivity index (χ0) is 19.9. The minimum Gasteiger partial charge on any atom is -0.379 e. The first-order valence-electron chi connectivity index (χ1n) is 10.1. The van der Waals surface area contributed by atoms with Gasteiger partial charge in [-0.25, -0.2) is 4.98 Å². The summed E-state index contributed by atoms with van der Waals surface area (Å²) >= 11 is 0. The van der Waals surface area contributed by atoms with Crippen LogP contribution < -0.4 is 10.6 Å². The van der Waals surface area contributed by atoms with Gasteiger partial charge in [0.2, 0.25) is 5.91 Å². The Balaban J connectivity index is 1.47. The lowest BCUT2D eigenvalue weighted by atomic mass is 10.0. The number of anilines is 1. The van der Waals surface area contributed by atoms with Crippen molar-refractivity contribution in [1.82, 2.24) is 20.1 Å². The number of carbonyl (C=O) groups excluding carboxylic acids is 2. The number of rotatable bonds is 6. The highest BCUT2D eigenvalue weighted by molar-refractivity contribution is 5.94. The summed E-state index contributed by atoms with van der Waals surface area (Å²) in [6.45, 7) is 7.53. The fourth-order valence-electron chi connectivity index (χ4n) is 3.78. The molecule has 2 aliphatic rings. The molecular formula is C20H31N5O3. The largest absolute Gasteiger partial charge is 0.379 e. The Labute approximate surface area is 166 Å². The maximum absolute atomic E-state index is 12.8. The Morgan fingerprint density at radius 1 is 1.21 bits per heavy atom. The normalized spacial score (nSPS) is 19.9. The average Bonchev–Trinajstić information content (AvgIpc) is 2.77. The fraction of sp³-hybridized carbons (Fsp3) is 0.650. The predicted molar refractivity (Wildman–Crippen MR) is 107 cm³/mol. The number of nitrogens with zero attached hydrogens (tertiary/aromatic N) is 3. The van der Waals surface area contributed by atoms with Gasteiger partial charge in [0.1, 0.15) is 5.82 Å². The number of pyridine rings is 1. The molecule has 0 aliphatic carbocycles. The standard InChI is InChI=1S/C20H31N5O3/c1-15(19(26)21-2)13-22-18-4-3-16(14-23-18)20(27)25-7-5-17(6-8-25)24-9-11-28-12-10-24/h3-4,14-15,17H,5-13H2,1-2H3,(H,21,26)(H,22,23). The minimum absolute atomic E-state index is 0.0141. The molecule has 2 amide bonds. The predicted octanol–water partition coefficient (Wildman–Crippen LogP) is 0.812. The number of nitrogens with one attached hydrogen (secondary N) is 2. The molecule has 0 aromatic carbocycles. The Kier molecular flexibility index (Phi) is 7.22. The van der Waals surface area contributed by atoms with Crippen LogP contribution in [0.1, 0.15) is 30.1 Å². The summed E-state index contributed by atoms with van der Waals surface area (Å²) in [6.07, 6.45) is 3.63. The third kappa shape index (κ3) is 5.20. The molecule has 2 N–H and O–H groups in total. The second-order valence-corrected chi connectivity index (χ2v) is 7.50. The summed E-state index contributed by atoms with van der Waals surface area (Å²) in [5, 5.41) is 5.76. The van der Waals surface area contributed by atoms with Crippen molar-refractivity contribution in [3.8, 4) is 0 Å². The van der Waals surface area contributed by atoms with Crippen LogP contribution in [0.15, 0.2) is 18.3 Å². The van der Waals surface area contributed by atoms with Crippen molar-refractivity contribution >= 4 is 17.6 Å². The monoisotopic (exact) mass is 389 g/mol. The molecule has 8 nitrogen and oxygen atoms in total. The molecule has 1 aromatic heterocycles. The highest BCUT2D eigenvalue weighted by Crippen LogP contribution is 2.19. The van der Waals surface area contributed by atoms with Crippen LogP contribution in [0, 0.1) is 5.92 Å². The van der Waals surface area contributed by atoms with E-state index in [0.717, 1.165) is 52.2 Å². The second-order valence-electron chi connectivity index (χ2n) is 7.50.